The van der Waals surface area contributed by atoms with E-state index in [-0.39, 0.29) is 6.10 Å². The Kier molecular flexibility index (Phi) is 3.00. The molecule has 0 bridgehead atoms. The number of hydrogen-bond acceptors (Lipinski definition) is 2. The van der Waals surface area contributed by atoms with Gasteiger partial charge >= 0.3 is 0 Å². The van der Waals surface area contributed by atoms with E-state index in [1.54, 1.807) is 6.07 Å². The second kappa shape index (κ2) is 4.44. The minimum atomic E-state index is 0.188. The van der Waals surface area contributed by atoms with Gasteiger partial charge in [0.05, 0.1) is 6.10 Å². The predicted octanol–water partition coefficient (Wildman–Crippen LogP) is 3.72. The molecule has 0 fully saturated rings. The summed E-state index contributed by atoms with van der Waals surface area (Å²) in [5.74, 6) is 1.13. The molecule has 0 heterocycles. The Morgan fingerprint density at radius 3 is 2.50 bits per heavy atom. The van der Waals surface area contributed by atoms with Crippen LogP contribution in [0.25, 0.3) is 10.8 Å². The van der Waals surface area contributed by atoms with Crippen LogP contribution >= 0.6 is 0 Å². The third-order valence-corrected chi connectivity index (χ3v) is 2.76. The van der Waals surface area contributed by atoms with Crippen molar-refractivity contribution >= 4 is 10.8 Å². The third-order valence-electron chi connectivity index (χ3n) is 2.76. The first-order chi connectivity index (χ1) is 7.72. The van der Waals surface area contributed by atoms with Crippen molar-refractivity contribution in [3.8, 4) is 11.5 Å². The molecule has 0 spiro atoms. The summed E-state index contributed by atoms with van der Waals surface area (Å²) in [4.78, 5) is 0. The Balaban J connectivity index is 2.50. The number of aromatic hydroxyl groups is 1. The number of benzene rings is 2. The van der Waals surface area contributed by atoms with Gasteiger partial charge in [0, 0.05) is 10.8 Å². The molecule has 0 aliphatic carbocycles. The molecule has 1 N–H and O–H groups in total. The number of phenols is 1. The van der Waals surface area contributed by atoms with Gasteiger partial charge < -0.3 is 9.84 Å². The Bertz CT molecular complexity index is 491. The van der Waals surface area contributed by atoms with Gasteiger partial charge in [0.25, 0.3) is 0 Å². The second-order valence-electron chi connectivity index (χ2n) is 3.97. The standard InChI is InChI=1S/C14H16O2/c1-3-10(2)16-14-9-8-13(15)11-6-4-5-7-12(11)14/h4-10,15H,3H2,1-2H3. The molecule has 2 aromatic rings. The molecule has 2 nitrogen and oxygen atoms in total. The highest BCUT2D eigenvalue weighted by molar-refractivity contribution is 5.92. The van der Waals surface area contributed by atoms with Crippen molar-refractivity contribution in [3.63, 3.8) is 0 Å². The van der Waals surface area contributed by atoms with E-state index in [1.165, 1.54) is 0 Å². The molecular formula is C14H16O2. The van der Waals surface area contributed by atoms with E-state index in [0.717, 1.165) is 22.9 Å². The number of rotatable bonds is 3. The molecule has 0 saturated heterocycles. The van der Waals surface area contributed by atoms with Crippen LogP contribution in [0.4, 0.5) is 0 Å². The van der Waals surface area contributed by atoms with Gasteiger partial charge in [-0.15, -0.1) is 0 Å². The van der Waals surface area contributed by atoms with Crippen LogP contribution in [0.3, 0.4) is 0 Å². The third kappa shape index (κ3) is 1.96. The molecule has 2 aromatic carbocycles. The van der Waals surface area contributed by atoms with Crippen LogP contribution in [-0.2, 0) is 0 Å². The number of phenolic OH excluding ortho intramolecular Hbond substituents is 1. The fourth-order valence-corrected chi connectivity index (χ4v) is 1.66. The smallest absolute Gasteiger partial charge is 0.127 e. The largest absolute Gasteiger partial charge is 0.507 e. The minimum absolute atomic E-state index is 0.188. The van der Waals surface area contributed by atoms with Crippen LogP contribution in [0.1, 0.15) is 20.3 Å². The first-order valence-corrected chi connectivity index (χ1v) is 5.59. The summed E-state index contributed by atoms with van der Waals surface area (Å²) in [6, 6.07) is 11.2. The fourth-order valence-electron chi connectivity index (χ4n) is 1.66. The average Bonchev–Trinajstić information content (AvgIpc) is 2.33. The van der Waals surface area contributed by atoms with Crippen molar-refractivity contribution in [1.82, 2.24) is 0 Å². The maximum absolute atomic E-state index is 9.73. The molecule has 0 amide bonds. The van der Waals surface area contributed by atoms with Gasteiger partial charge in [-0.3, -0.25) is 0 Å². The highest BCUT2D eigenvalue weighted by atomic mass is 16.5. The first-order valence-electron chi connectivity index (χ1n) is 5.59. The summed E-state index contributed by atoms with van der Waals surface area (Å²) in [6.45, 7) is 4.13. The van der Waals surface area contributed by atoms with Gasteiger partial charge in [0.15, 0.2) is 0 Å². The Morgan fingerprint density at radius 2 is 1.81 bits per heavy atom. The molecule has 2 heteroatoms. The zero-order valence-electron chi connectivity index (χ0n) is 9.60. The van der Waals surface area contributed by atoms with E-state index >= 15 is 0 Å². The van der Waals surface area contributed by atoms with E-state index in [0.29, 0.717) is 5.75 Å². The lowest BCUT2D eigenvalue weighted by Crippen LogP contribution is -2.09. The summed E-state index contributed by atoms with van der Waals surface area (Å²) in [5.41, 5.74) is 0. The second-order valence-corrected chi connectivity index (χ2v) is 3.97. The minimum Gasteiger partial charge on any atom is -0.507 e. The van der Waals surface area contributed by atoms with Crippen molar-refractivity contribution in [2.75, 3.05) is 0 Å². The summed E-state index contributed by atoms with van der Waals surface area (Å²) < 4.78 is 5.82. The Labute approximate surface area is 95.5 Å². The zero-order chi connectivity index (χ0) is 11.5. The molecule has 0 saturated carbocycles. The van der Waals surface area contributed by atoms with Crippen LogP contribution in [0.2, 0.25) is 0 Å². The predicted molar refractivity (Wildman–Crippen MR) is 66.0 cm³/mol. The fraction of sp³-hybridized carbons (Fsp3) is 0.286. The highest BCUT2D eigenvalue weighted by Crippen LogP contribution is 2.32. The van der Waals surface area contributed by atoms with Gasteiger partial charge in [-0.05, 0) is 25.5 Å². The molecule has 2 rings (SSSR count). The average molecular weight is 216 g/mol. The van der Waals surface area contributed by atoms with Crippen LogP contribution in [0.15, 0.2) is 36.4 Å². The van der Waals surface area contributed by atoms with E-state index in [2.05, 4.69) is 6.92 Å². The van der Waals surface area contributed by atoms with E-state index in [1.807, 2.05) is 37.3 Å². The van der Waals surface area contributed by atoms with Crippen molar-refractivity contribution < 1.29 is 9.84 Å². The molecule has 84 valence electrons. The first kappa shape index (κ1) is 10.8. The lowest BCUT2D eigenvalue weighted by molar-refractivity contribution is 0.220. The van der Waals surface area contributed by atoms with Crippen molar-refractivity contribution in [1.29, 1.82) is 0 Å². The highest BCUT2D eigenvalue weighted by Gasteiger charge is 2.07. The molecule has 16 heavy (non-hydrogen) atoms. The Morgan fingerprint density at radius 1 is 1.12 bits per heavy atom. The quantitative estimate of drug-likeness (QED) is 0.847. The molecule has 1 unspecified atom stereocenters. The molecular weight excluding hydrogens is 200 g/mol. The lowest BCUT2D eigenvalue weighted by atomic mass is 10.1. The van der Waals surface area contributed by atoms with E-state index in [4.69, 9.17) is 4.74 Å². The maximum atomic E-state index is 9.73. The van der Waals surface area contributed by atoms with Crippen LogP contribution in [0.5, 0.6) is 11.5 Å². The molecule has 0 aliphatic heterocycles. The summed E-state index contributed by atoms with van der Waals surface area (Å²) in [5, 5.41) is 11.5. The monoisotopic (exact) mass is 216 g/mol. The van der Waals surface area contributed by atoms with Gasteiger partial charge in [-0.2, -0.15) is 0 Å². The number of hydrogen-bond donors (Lipinski definition) is 1. The summed E-state index contributed by atoms with van der Waals surface area (Å²) in [6.07, 6.45) is 1.16. The van der Waals surface area contributed by atoms with Crippen LogP contribution < -0.4 is 4.74 Å². The summed E-state index contributed by atoms with van der Waals surface area (Å²) >= 11 is 0. The molecule has 0 aliphatic rings. The van der Waals surface area contributed by atoms with Gasteiger partial charge in [0.1, 0.15) is 11.5 Å². The Hall–Kier alpha value is -1.70. The topological polar surface area (TPSA) is 29.5 Å². The van der Waals surface area contributed by atoms with E-state index < -0.39 is 0 Å². The van der Waals surface area contributed by atoms with E-state index in [9.17, 15) is 5.11 Å². The molecule has 0 aromatic heterocycles. The SMILES string of the molecule is CCC(C)Oc1ccc(O)c2ccccc12. The van der Waals surface area contributed by atoms with Gasteiger partial charge in [0.2, 0.25) is 0 Å². The number of ether oxygens (including phenoxy) is 1. The molecule has 0 radical (unpaired) electrons. The molecule has 1 atom stereocenters. The normalized spacial score (nSPS) is 12.6. The number of fused-ring (bicyclic) bond motifs is 1. The van der Waals surface area contributed by atoms with Gasteiger partial charge in [-0.1, -0.05) is 31.2 Å². The lowest BCUT2D eigenvalue weighted by Gasteiger charge is -2.15. The van der Waals surface area contributed by atoms with Crippen molar-refractivity contribution in [2.45, 2.75) is 26.4 Å². The summed E-state index contributed by atoms with van der Waals surface area (Å²) in [7, 11) is 0. The zero-order valence-corrected chi connectivity index (χ0v) is 9.60. The van der Waals surface area contributed by atoms with Gasteiger partial charge in [-0.25, -0.2) is 0 Å². The maximum Gasteiger partial charge on any atom is 0.127 e. The van der Waals surface area contributed by atoms with Crippen molar-refractivity contribution in [3.05, 3.63) is 36.4 Å². The van der Waals surface area contributed by atoms with Crippen LogP contribution in [-0.4, -0.2) is 11.2 Å². The van der Waals surface area contributed by atoms with Crippen LogP contribution in [0, 0.1) is 0 Å². The van der Waals surface area contributed by atoms with Crippen molar-refractivity contribution in [2.24, 2.45) is 0 Å².